The first-order valence-corrected chi connectivity index (χ1v) is 8.11. The number of hydrogen-bond acceptors (Lipinski definition) is 5. The van der Waals surface area contributed by atoms with Crippen LogP contribution in [0.25, 0.3) is 0 Å². The van der Waals surface area contributed by atoms with Gasteiger partial charge in [0, 0.05) is 6.42 Å². The van der Waals surface area contributed by atoms with Gasteiger partial charge in [-0.25, -0.2) is 0 Å². The molecule has 24 heavy (non-hydrogen) atoms. The highest BCUT2D eigenvalue weighted by Gasteiger charge is 2.37. The Morgan fingerprint density at radius 1 is 0.875 bits per heavy atom. The Kier molecular flexibility index (Phi) is 5.04. The van der Waals surface area contributed by atoms with Crippen LogP contribution < -0.4 is 0 Å². The Hall–Kier alpha value is -2.08. The molecule has 0 spiro atoms. The van der Waals surface area contributed by atoms with Crippen LogP contribution in [0.4, 0.5) is 0 Å². The van der Waals surface area contributed by atoms with Crippen LogP contribution in [-0.4, -0.2) is 38.7 Å². The van der Waals surface area contributed by atoms with Gasteiger partial charge in [-0.15, -0.1) is 0 Å². The summed E-state index contributed by atoms with van der Waals surface area (Å²) in [6.07, 6.45) is -0.760. The van der Waals surface area contributed by atoms with E-state index in [1.807, 2.05) is 12.1 Å². The average Bonchev–Trinajstić information content (AvgIpc) is 2.58. The number of hydrogen-bond donors (Lipinski definition) is 4. The van der Waals surface area contributed by atoms with E-state index in [9.17, 15) is 20.4 Å². The van der Waals surface area contributed by atoms with E-state index in [2.05, 4.69) is 0 Å². The molecule has 0 bridgehead atoms. The Bertz CT molecular complexity index is 652. The van der Waals surface area contributed by atoms with Crippen LogP contribution in [0.5, 0.6) is 11.5 Å². The first-order valence-electron chi connectivity index (χ1n) is 8.11. The van der Waals surface area contributed by atoms with Crippen molar-refractivity contribution in [1.82, 2.24) is 0 Å². The number of rotatable bonds is 4. The number of aliphatic hydroxyl groups excluding tert-OH is 2. The van der Waals surface area contributed by atoms with Crippen LogP contribution in [0.1, 0.15) is 30.1 Å². The minimum absolute atomic E-state index is 0.147. The first-order chi connectivity index (χ1) is 11.5. The van der Waals surface area contributed by atoms with E-state index >= 15 is 0 Å². The second-order valence-corrected chi connectivity index (χ2v) is 6.27. The Balaban J connectivity index is 1.66. The zero-order chi connectivity index (χ0) is 17.1. The van der Waals surface area contributed by atoms with Gasteiger partial charge in [-0.1, -0.05) is 24.3 Å². The van der Waals surface area contributed by atoms with Crippen molar-refractivity contribution in [1.29, 1.82) is 0 Å². The van der Waals surface area contributed by atoms with Crippen LogP contribution in [0.3, 0.4) is 0 Å². The van der Waals surface area contributed by atoms with Gasteiger partial charge in [-0.2, -0.15) is 0 Å². The molecule has 5 heteroatoms. The van der Waals surface area contributed by atoms with E-state index in [0.29, 0.717) is 12.8 Å². The van der Waals surface area contributed by atoms with Crippen LogP contribution in [0, 0.1) is 0 Å². The second kappa shape index (κ2) is 7.21. The molecule has 1 fully saturated rings. The standard InChI is InChI=1S/C19H22O5/c20-14-6-1-12(2-7-14)3-10-16-11-17(22)18(23)19(24-16)13-4-8-15(21)9-5-13/h1-2,4-9,16-23H,3,10-11H2. The SMILES string of the molecule is Oc1ccc(CCC2CC(O)C(O)C(c3ccc(O)cc3)O2)cc1. The lowest BCUT2D eigenvalue weighted by molar-refractivity contribution is -0.172. The van der Waals surface area contributed by atoms with Crippen LogP contribution >= 0.6 is 0 Å². The monoisotopic (exact) mass is 330 g/mol. The molecular formula is C19H22O5. The molecule has 1 aliphatic heterocycles. The minimum atomic E-state index is -0.987. The fourth-order valence-corrected chi connectivity index (χ4v) is 3.07. The number of ether oxygens (including phenoxy) is 1. The van der Waals surface area contributed by atoms with Gasteiger partial charge in [-0.05, 0) is 48.2 Å². The molecule has 0 aliphatic carbocycles. The molecule has 0 radical (unpaired) electrons. The molecule has 2 aromatic carbocycles. The van der Waals surface area contributed by atoms with E-state index in [1.165, 1.54) is 12.1 Å². The number of phenolic OH excluding ortho intramolecular Hbond substituents is 2. The minimum Gasteiger partial charge on any atom is -0.508 e. The van der Waals surface area contributed by atoms with E-state index in [-0.39, 0.29) is 17.6 Å². The van der Waals surface area contributed by atoms with Crippen molar-refractivity contribution in [3.8, 4) is 11.5 Å². The molecule has 5 nitrogen and oxygen atoms in total. The van der Waals surface area contributed by atoms with Crippen molar-refractivity contribution in [2.45, 2.75) is 43.7 Å². The summed E-state index contributed by atoms with van der Waals surface area (Å²) in [7, 11) is 0. The van der Waals surface area contributed by atoms with Gasteiger partial charge in [-0.3, -0.25) is 0 Å². The summed E-state index contributed by atoms with van der Waals surface area (Å²) in [5.74, 6) is 0.382. The summed E-state index contributed by atoms with van der Waals surface area (Å²) in [5.41, 5.74) is 1.81. The highest BCUT2D eigenvalue weighted by Crippen LogP contribution is 2.34. The number of aromatic hydroxyl groups is 2. The summed E-state index contributed by atoms with van der Waals surface area (Å²) in [5, 5.41) is 39.1. The predicted molar refractivity (Wildman–Crippen MR) is 88.8 cm³/mol. The number of benzene rings is 2. The molecule has 4 N–H and O–H groups in total. The van der Waals surface area contributed by atoms with Gasteiger partial charge in [0.2, 0.25) is 0 Å². The zero-order valence-corrected chi connectivity index (χ0v) is 13.2. The maximum atomic E-state index is 10.2. The zero-order valence-electron chi connectivity index (χ0n) is 13.2. The molecule has 0 saturated carbocycles. The Morgan fingerprint density at radius 2 is 1.46 bits per heavy atom. The van der Waals surface area contributed by atoms with Crippen molar-refractivity contribution in [3.63, 3.8) is 0 Å². The smallest absolute Gasteiger partial charge is 0.115 e. The quantitative estimate of drug-likeness (QED) is 0.690. The highest BCUT2D eigenvalue weighted by atomic mass is 16.5. The third-order valence-corrected chi connectivity index (χ3v) is 4.46. The lowest BCUT2D eigenvalue weighted by atomic mass is 9.91. The van der Waals surface area contributed by atoms with Gasteiger partial charge in [0.15, 0.2) is 0 Å². The molecular weight excluding hydrogens is 308 g/mol. The molecule has 1 aliphatic rings. The van der Waals surface area contributed by atoms with E-state index in [0.717, 1.165) is 17.5 Å². The third-order valence-electron chi connectivity index (χ3n) is 4.46. The average molecular weight is 330 g/mol. The summed E-state index contributed by atoms with van der Waals surface area (Å²) < 4.78 is 6.00. The number of phenols is 2. The Labute approximate surface area is 140 Å². The fourth-order valence-electron chi connectivity index (χ4n) is 3.07. The van der Waals surface area contributed by atoms with Gasteiger partial charge < -0.3 is 25.2 Å². The second-order valence-electron chi connectivity index (χ2n) is 6.27. The maximum Gasteiger partial charge on any atom is 0.115 e. The number of aryl methyl sites for hydroxylation is 1. The third kappa shape index (κ3) is 3.87. The van der Waals surface area contributed by atoms with Gasteiger partial charge >= 0.3 is 0 Å². The van der Waals surface area contributed by atoms with E-state index < -0.39 is 18.3 Å². The molecule has 0 amide bonds. The van der Waals surface area contributed by atoms with Gasteiger partial charge in [0.1, 0.15) is 23.7 Å². The molecule has 0 aromatic heterocycles. The lowest BCUT2D eigenvalue weighted by Crippen LogP contribution is -2.43. The van der Waals surface area contributed by atoms with Crippen LogP contribution in [-0.2, 0) is 11.2 Å². The molecule has 1 saturated heterocycles. The summed E-state index contributed by atoms with van der Waals surface area (Å²) >= 11 is 0. The van der Waals surface area contributed by atoms with E-state index in [1.54, 1.807) is 24.3 Å². The summed E-state index contributed by atoms with van der Waals surface area (Å²) in [4.78, 5) is 0. The van der Waals surface area contributed by atoms with Crippen LogP contribution in [0.15, 0.2) is 48.5 Å². The topological polar surface area (TPSA) is 90.2 Å². The molecule has 1 heterocycles. The van der Waals surface area contributed by atoms with Gasteiger partial charge in [0.25, 0.3) is 0 Å². The van der Waals surface area contributed by atoms with Crippen molar-refractivity contribution >= 4 is 0 Å². The van der Waals surface area contributed by atoms with Gasteiger partial charge in [0.05, 0.1) is 12.2 Å². The number of aliphatic hydroxyl groups is 2. The van der Waals surface area contributed by atoms with E-state index in [4.69, 9.17) is 4.74 Å². The largest absolute Gasteiger partial charge is 0.508 e. The molecule has 3 rings (SSSR count). The lowest BCUT2D eigenvalue weighted by Gasteiger charge is -2.37. The predicted octanol–water partition coefficient (Wildman–Crippen LogP) is 2.28. The summed E-state index contributed by atoms with van der Waals surface area (Å²) in [6.45, 7) is 0. The Morgan fingerprint density at radius 3 is 2.08 bits per heavy atom. The van der Waals surface area contributed by atoms with Crippen molar-refractivity contribution in [2.24, 2.45) is 0 Å². The summed E-state index contributed by atoms with van der Waals surface area (Å²) in [6, 6.07) is 13.5. The first kappa shape index (κ1) is 16.8. The molecule has 2 aromatic rings. The normalized spacial score (nSPS) is 27.1. The van der Waals surface area contributed by atoms with Crippen molar-refractivity contribution in [2.75, 3.05) is 0 Å². The molecule has 4 atom stereocenters. The highest BCUT2D eigenvalue weighted by molar-refractivity contribution is 5.29. The molecule has 4 unspecified atom stereocenters. The maximum absolute atomic E-state index is 10.2. The van der Waals surface area contributed by atoms with Crippen molar-refractivity contribution < 1.29 is 25.2 Å². The fraction of sp³-hybridized carbons (Fsp3) is 0.368. The molecule has 128 valence electrons. The van der Waals surface area contributed by atoms with Crippen molar-refractivity contribution in [3.05, 3.63) is 59.7 Å². The van der Waals surface area contributed by atoms with Crippen LogP contribution in [0.2, 0.25) is 0 Å².